The molecule has 0 radical (unpaired) electrons. The molecule has 2 rings (SSSR count). The first-order valence-electron chi connectivity index (χ1n) is 5.30. The van der Waals surface area contributed by atoms with Crippen molar-refractivity contribution in [2.24, 2.45) is 0 Å². The Morgan fingerprint density at radius 2 is 2.07 bits per heavy atom. The van der Waals surface area contributed by atoms with Gasteiger partial charge in [-0.2, -0.15) is 0 Å². The number of piperidine rings is 1. The van der Waals surface area contributed by atoms with Gasteiger partial charge in [0, 0.05) is 6.54 Å². The van der Waals surface area contributed by atoms with Gasteiger partial charge in [-0.05, 0) is 36.4 Å². The third-order valence-corrected chi connectivity index (χ3v) is 2.93. The van der Waals surface area contributed by atoms with Crippen molar-refractivity contribution >= 4 is 0 Å². The van der Waals surface area contributed by atoms with Gasteiger partial charge in [0.15, 0.2) is 0 Å². The molecule has 0 amide bonds. The molecule has 2 heteroatoms. The number of benzene rings is 1. The minimum atomic E-state index is 0.142. The Kier molecular flexibility index (Phi) is 3.17. The number of hydrogen-bond acceptors (Lipinski definition) is 2. The molecule has 1 aliphatic rings. The van der Waals surface area contributed by atoms with Crippen molar-refractivity contribution in [1.82, 2.24) is 5.32 Å². The molecule has 1 aliphatic heterocycles. The number of aliphatic hydroxyl groups is 1. The molecular weight excluding hydrogens is 174 g/mol. The van der Waals surface area contributed by atoms with Gasteiger partial charge in [0.2, 0.25) is 0 Å². The zero-order chi connectivity index (χ0) is 9.80. The van der Waals surface area contributed by atoms with E-state index in [1.54, 1.807) is 0 Å². The second kappa shape index (κ2) is 4.58. The van der Waals surface area contributed by atoms with Crippen LogP contribution in [0, 0.1) is 0 Å². The van der Waals surface area contributed by atoms with E-state index in [1.807, 2.05) is 12.1 Å². The molecule has 1 aromatic carbocycles. The number of hydrogen-bond donors (Lipinski definition) is 2. The van der Waals surface area contributed by atoms with E-state index in [4.69, 9.17) is 5.11 Å². The molecule has 0 spiro atoms. The van der Waals surface area contributed by atoms with Crippen LogP contribution in [0.25, 0.3) is 0 Å². The van der Waals surface area contributed by atoms with Crippen LogP contribution in [0.15, 0.2) is 24.3 Å². The summed E-state index contributed by atoms with van der Waals surface area (Å²) in [7, 11) is 0. The van der Waals surface area contributed by atoms with Gasteiger partial charge in [-0.25, -0.2) is 0 Å². The first kappa shape index (κ1) is 9.69. The van der Waals surface area contributed by atoms with E-state index in [1.165, 1.54) is 18.4 Å². The van der Waals surface area contributed by atoms with Gasteiger partial charge >= 0.3 is 0 Å². The Hall–Kier alpha value is -0.860. The average molecular weight is 191 g/mol. The predicted octanol–water partition coefficient (Wildman–Crippen LogP) is 1.65. The third-order valence-electron chi connectivity index (χ3n) is 2.93. The number of nitrogens with one attached hydrogen (secondary N) is 1. The van der Waals surface area contributed by atoms with E-state index < -0.39 is 0 Å². The largest absolute Gasteiger partial charge is 0.392 e. The zero-order valence-corrected chi connectivity index (χ0v) is 8.37. The molecule has 0 bridgehead atoms. The predicted molar refractivity (Wildman–Crippen MR) is 57.2 cm³/mol. The van der Waals surface area contributed by atoms with Crippen molar-refractivity contribution in [3.05, 3.63) is 35.4 Å². The molecule has 1 atom stereocenters. The molecule has 0 saturated carbocycles. The summed E-state index contributed by atoms with van der Waals surface area (Å²) in [6.07, 6.45) is 2.55. The van der Waals surface area contributed by atoms with Crippen LogP contribution in [-0.2, 0) is 6.61 Å². The second-order valence-corrected chi connectivity index (χ2v) is 3.94. The quantitative estimate of drug-likeness (QED) is 0.745. The maximum atomic E-state index is 8.93. The highest BCUT2D eigenvalue weighted by atomic mass is 16.3. The van der Waals surface area contributed by atoms with Crippen LogP contribution >= 0.6 is 0 Å². The van der Waals surface area contributed by atoms with Crippen molar-refractivity contribution in [3.63, 3.8) is 0 Å². The van der Waals surface area contributed by atoms with Crippen LogP contribution in [0.4, 0.5) is 0 Å². The van der Waals surface area contributed by atoms with E-state index >= 15 is 0 Å². The molecule has 0 aromatic heterocycles. The van der Waals surface area contributed by atoms with Crippen molar-refractivity contribution in [1.29, 1.82) is 0 Å². The minimum Gasteiger partial charge on any atom is -0.392 e. The van der Waals surface area contributed by atoms with Gasteiger partial charge < -0.3 is 10.4 Å². The molecule has 1 fully saturated rings. The smallest absolute Gasteiger partial charge is 0.0681 e. The summed E-state index contributed by atoms with van der Waals surface area (Å²) in [5.74, 6) is 0.663. The van der Waals surface area contributed by atoms with E-state index in [2.05, 4.69) is 17.4 Å². The van der Waals surface area contributed by atoms with E-state index in [0.717, 1.165) is 18.7 Å². The highest BCUT2D eigenvalue weighted by Crippen LogP contribution is 2.23. The fourth-order valence-electron chi connectivity index (χ4n) is 2.03. The highest BCUT2D eigenvalue weighted by molar-refractivity contribution is 5.25. The van der Waals surface area contributed by atoms with Crippen LogP contribution in [0.2, 0.25) is 0 Å². The van der Waals surface area contributed by atoms with Crippen LogP contribution in [-0.4, -0.2) is 18.2 Å². The summed E-state index contributed by atoms with van der Waals surface area (Å²) in [5.41, 5.74) is 2.40. The molecule has 2 N–H and O–H groups in total. The zero-order valence-electron chi connectivity index (χ0n) is 8.37. The van der Waals surface area contributed by atoms with Crippen LogP contribution in [0.1, 0.15) is 29.9 Å². The molecule has 76 valence electrons. The van der Waals surface area contributed by atoms with E-state index in [9.17, 15) is 0 Å². The van der Waals surface area contributed by atoms with Gasteiger partial charge in [0.05, 0.1) is 6.61 Å². The fourth-order valence-corrected chi connectivity index (χ4v) is 2.03. The Morgan fingerprint density at radius 3 is 2.64 bits per heavy atom. The van der Waals surface area contributed by atoms with Crippen molar-refractivity contribution < 1.29 is 5.11 Å². The average Bonchev–Trinajstić information content (AvgIpc) is 2.30. The van der Waals surface area contributed by atoms with Gasteiger partial charge in [-0.15, -0.1) is 0 Å². The summed E-state index contributed by atoms with van der Waals surface area (Å²) in [6, 6.07) is 8.32. The molecular formula is C12H17NO. The summed E-state index contributed by atoms with van der Waals surface area (Å²) in [5, 5.41) is 12.3. The van der Waals surface area contributed by atoms with E-state index in [0.29, 0.717) is 5.92 Å². The molecule has 1 heterocycles. The van der Waals surface area contributed by atoms with Gasteiger partial charge in [-0.3, -0.25) is 0 Å². The lowest BCUT2D eigenvalue weighted by Crippen LogP contribution is -2.28. The number of rotatable bonds is 2. The Labute approximate surface area is 85.0 Å². The molecule has 14 heavy (non-hydrogen) atoms. The first-order valence-corrected chi connectivity index (χ1v) is 5.30. The van der Waals surface area contributed by atoms with Gasteiger partial charge in [-0.1, -0.05) is 24.3 Å². The lowest BCUT2D eigenvalue weighted by molar-refractivity contribution is 0.282. The number of aliphatic hydroxyl groups excluding tert-OH is 1. The topological polar surface area (TPSA) is 32.3 Å². The maximum absolute atomic E-state index is 8.93. The Morgan fingerprint density at radius 1 is 1.29 bits per heavy atom. The lowest BCUT2D eigenvalue weighted by Gasteiger charge is -2.23. The second-order valence-electron chi connectivity index (χ2n) is 3.94. The molecule has 0 aliphatic carbocycles. The molecule has 2 nitrogen and oxygen atoms in total. The molecule has 0 unspecified atom stereocenters. The highest BCUT2D eigenvalue weighted by Gasteiger charge is 2.14. The van der Waals surface area contributed by atoms with Crippen molar-refractivity contribution in [3.8, 4) is 0 Å². The molecule has 1 aromatic rings. The van der Waals surface area contributed by atoms with Gasteiger partial charge in [0.25, 0.3) is 0 Å². The fraction of sp³-hybridized carbons (Fsp3) is 0.500. The van der Waals surface area contributed by atoms with Gasteiger partial charge in [0.1, 0.15) is 0 Å². The first-order chi connectivity index (χ1) is 6.90. The van der Waals surface area contributed by atoms with Crippen LogP contribution in [0.3, 0.4) is 0 Å². The monoisotopic (exact) mass is 191 g/mol. The minimum absolute atomic E-state index is 0.142. The van der Waals surface area contributed by atoms with Crippen LogP contribution < -0.4 is 5.32 Å². The lowest BCUT2D eigenvalue weighted by atomic mass is 9.91. The van der Waals surface area contributed by atoms with E-state index in [-0.39, 0.29) is 6.61 Å². The van der Waals surface area contributed by atoms with Crippen LogP contribution in [0.5, 0.6) is 0 Å². The Bertz CT molecular complexity index is 275. The summed E-state index contributed by atoms with van der Waals surface area (Å²) in [6.45, 7) is 2.40. The molecule has 1 saturated heterocycles. The normalized spacial score (nSPS) is 22.2. The standard InChI is InChI=1S/C12H17NO/c14-9-10-3-5-11(6-4-10)12-2-1-7-13-8-12/h3-6,12-14H,1-2,7-9H2/t12-/m1/s1. The Balaban J connectivity index is 2.07. The summed E-state index contributed by atoms with van der Waals surface area (Å²) < 4.78 is 0. The van der Waals surface area contributed by atoms with Crippen molar-refractivity contribution in [2.45, 2.75) is 25.4 Å². The maximum Gasteiger partial charge on any atom is 0.0681 e. The third kappa shape index (κ3) is 2.14. The summed E-state index contributed by atoms with van der Waals surface area (Å²) >= 11 is 0. The summed E-state index contributed by atoms with van der Waals surface area (Å²) in [4.78, 5) is 0. The van der Waals surface area contributed by atoms with Crippen molar-refractivity contribution in [2.75, 3.05) is 13.1 Å². The SMILES string of the molecule is OCc1ccc([C@@H]2CCCNC2)cc1.